The monoisotopic (exact) mass is 350 g/mol. The van der Waals surface area contributed by atoms with Gasteiger partial charge in [-0.3, -0.25) is 9.59 Å². The smallest absolute Gasteiger partial charge is 0.227 e. The highest BCUT2D eigenvalue weighted by Gasteiger charge is 2.35. The normalized spacial score (nSPS) is 18.0. The molecule has 0 radical (unpaired) electrons. The lowest BCUT2D eigenvalue weighted by Gasteiger charge is -2.18. The van der Waals surface area contributed by atoms with Gasteiger partial charge in [0.05, 0.1) is 5.92 Å². The van der Waals surface area contributed by atoms with Crippen molar-refractivity contribution in [1.82, 2.24) is 5.32 Å². The van der Waals surface area contributed by atoms with Crippen LogP contribution in [0.5, 0.6) is 0 Å². The molecule has 2 amide bonds. The lowest BCUT2D eigenvalue weighted by molar-refractivity contribution is -0.126. The Balaban J connectivity index is 1.56. The first kappa shape index (κ1) is 18.2. The van der Waals surface area contributed by atoms with Crippen molar-refractivity contribution >= 4 is 17.5 Å². The topological polar surface area (TPSA) is 49.4 Å². The van der Waals surface area contributed by atoms with Crippen LogP contribution in [0.25, 0.3) is 0 Å². The van der Waals surface area contributed by atoms with E-state index in [1.165, 1.54) is 11.1 Å². The molecule has 4 heteroatoms. The third-order valence-electron chi connectivity index (χ3n) is 5.10. The van der Waals surface area contributed by atoms with Gasteiger partial charge in [-0.2, -0.15) is 0 Å². The number of nitrogens with one attached hydrogen (secondary N) is 1. The second-order valence-electron chi connectivity index (χ2n) is 6.98. The van der Waals surface area contributed by atoms with E-state index < -0.39 is 0 Å². The Hall–Kier alpha value is -2.62. The maximum Gasteiger partial charge on any atom is 0.227 e. The predicted molar refractivity (Wildman–Crippen MR) is 104 cm³/mol. The summed E-state index contributed by atoms with van der Waals surface area (Å²) >= 11 is 0. The molecule has 1 aliphatic heterocycles. The molecule has 136 valence electrons. The van der Waals surface area contributed by atoms with E-state index in [-0.39, 0.29) is 30.1 Å². The Labute approximate surface area is 155 Å². The van der Waals surface area contributed by atoms with Crippen molar-refractivity contribution in [2.75, 3.05) is 18.0 Å². The van der Waals surface area contributed by atoms with E-state index >= 15 is 0 Å². The fraction of sp³-hybridized carbons (Fsp3) is 0.364. The second-order valence-corrected chi connectivity index (χ2v) is 6.98. The molecule has 1 fully saturated rings. The Morgan fingerprint density at radius 3 is 2.50 bits per heavy atom. The number of aryl methyl sites for hydroxylation is 1. The van der Waals surface area contributed by atoms with E-state index in [1.807, 2.05) is 42.5 Å². The van der Waals surface area contributed by atoms with Gasteiger partial charge in [-0.05, 0) is 35.6 Å². The first-order chi connectivity index (χ1) is 12.6. The molecular formula is C22H26N2O2. The summed E-state index contributed by atoms with van der Waals surface area (Å²) in [7, 11) is 0. The molecule has 4 nitrogen and oxygen atoms in total. The molecule has 2 atom stereocenters. The van der Waals surface area contributed by atoms with Gasteiger partial charge >= 0.3 is 0 Å². The number of anilines is 1. The molecule has 1 aliphatic rings. The van der Waals surface area contributed by atoms with E-state index in [1.54, 1.807) is 4.90 Å². The zero-order chi connectivity index (χ0) is 18.5. The van der Waals surface area contributed by atoms with Crippen LogP contribution in [-0.2, 0) is 16.0 Å². The van der Waals surface area contributed by atoms with Crippen molar-refractivity contribution in [2.24, 2.45) is 5.92 Å². The first-order valence-corrected chi connectivity index (χ1v) is 9.30. The lowest BCUT2D eigenvalue weighted by atomic mass is 10.0. The molecule has 0 unspecified atom stereocenters. The first-order valence-electron chi connectivity index (χ1n) is 9.30. The van der Waals surface area contributed by atoms with Crippen molar-refractivity contribution in [1.29, 1.82) is 0 Å². The summed E-state index contributed by atoms with van der Waals surface area (Å²) in [5.74, 6) is -0.0504. The summed E-state index contributed by atoms with van der Waals surface area (Å²) in [4.78, 5) is 26.6. The van der Waals surface area contributed by atoms with E-state index in [0.717, 1.165) is 12.1 Å². The third-order valence-corrected chi connectivity index (χ3v) is 5.10. The van der Waals surface area contributed by atoms with Crippen LogP contribution in [0.2, 0.25) is 0 Å². The van der Waals surface area contributed by atoms with Crippen molar-refractivity contribution in [2.45, 2.75) is 32.6 Å². The van der Waals surface area contributed by atoms with Gasteiger partial charge in [0.2, 0.25) is 11.8 Å². The molecule has 3 rings (SSSR count). The van der Waals surface area contributed by atoms with Gasteiger partial charge in [0.25, 0.3) is 0 Å². The van der Waals surface area contributed by atoms with Crippen molar-refractivity contribution in [3.63, 3.8) is 0 Å². The van der Waals surface area contributed by atoms with Crippen LogP contribution in [0.4, 0.5) is 5.69 Å². The van der Waals surface area contributed by atoms with Gasteiger partial charge in [0.1, 0.15) is 0 Å². The molecule has 0 saturated carbocycles. The fourth-order valence-electron chi connectivity index (χ4n) is 3.34. The molecule has 1 N–H and O–H groups in total. The van der Waals surface area contributed by atoms with E-state index in [2.05, 4.69) is 31.3 Å². The highest BCUT2D eigenvalue weighted by atomic mass is 16.2. The third kappa shape index (κ3) is 4.13. The van der Waals surface area contributed by atoms with Crippen LogP contribution in [0.1, 0.15) is 37.3 Å². The summed E-state index contributed by atoms with van der Waals surface area (Å²) in [6, 6.07) is 18.1. The lowest BCUT2D eigenvalue weighted by Crippen LogP contribution is -2.35. The molecule has 2 aromatic carbocycles. The molecule has 0 aromatic heterocycles. The Morgan fingerprint density at radius 1 is 1.15 bits per heavy atom. The zero-order valence-corrected chi connectivity index (χ0v) is 15.4. The van der Waals surface area contributed by atoms with Crippen LogP contribution in [0.3, 0.4) is 0 Å². The number of nitrogens with zero attached hydrogens (tertiary/aromatic N) is 1. The molecule has 26 heavy (non-hydrogen) atoms. The van der Waals surface area contributed by atoms with E-state index in [4.69, 9.17) is 0 Å². The van der Waals surface area contributed by atoms with Crippen LogP contribution in [0.15, 0.2) is 54.6 Å². The number of carbonyl (C=O) groups excluding carboxylic acids is 2. The van der Waals surface area contributed by atoms with Crippen LogP contribution < -0.4 is 10.2 Å². The van der Waals surface area contributed by atoms with Crippen LogP contribution >= 0.6 is 0 Å². The number of hydrogen-bond donors (Lipinski definition) is 1. The summed E-state index contributed by atoms with van der Waals surface area (Å²) in [5, 5.41) is 3.02. The molecule has 0 bridgehead atoms. The Morgan fingerprint density at radius 2 is 1.85 bits per heavy atom. The molecule has 0 aliphatic carbocycles. The summed E-state index contributed by atoms with van der Waals surface area (Å²) < 4.78 is 0. The van der Waals surface area contributed by atoms with Gasteiger partial charge in [0.15, 0.2) is 0 Å². The largest absolute Gasteiger partial charge is 0.355 e. The summed E-state index contributed by atoms with van der Waals surface area (Å²) in [6.07, 6.45) is 1.25. The number of amides is 2. The minimum absolute atomic E-state index is 0.0190. The Kier molecular flexibility index (Phi) is 5.71. The minimum Gasteiger partial charge on any atom is -0.355 e. The van der Waals surface area contributed by atoms with Gasteiger partial charge in [-0.1, -0.05) is 56.3 Å². The standard InChI is InChI=1S/C22H26N2O2/c1-3-17-9-11-20(12-10-17)24-15-19(13-21(24)25)22(26)23-14-16(2)18-7-5-4-6-8-18/h4-12,16,19H,3,13-15H2,1-2H3,(H,23,26)/t16-,19-/m1/s1. The maximum absolute atomic E-state index is 12.5. The minimum atomic E-state index is -0.281. The van der Waals surface area contributed by atoms with Gasteiger partial charge in [0, 0.05) is 25.2 Å². The average Bonchev–Trinajstić information content (AvgIpc) is 3.08. The maximum atomic E-state index is 12.5. The second kappa shape index (κ2) is 8.17. The van der Waals surface area contributed by atoms with Crippen molar-refractivity contribution in [3.05, 3.63) is 65.7 Å². The van der Waals surface area contributed by atoms with E-state index in [0.29, 0.717) is 13.1 Å². The van der Waals surface area contributed by atoms with E-state index in [9.17, 15) is 9.59 Å². The SMILES string of the molecule is CCc1ccc(N2C[C@H](C(=O)NC[C@@H](C)c3ccccc3)CC2=O)cc1. The zero-order valence-electron chi connectivity index (χ0n) is 15.4. The van der Waals surface area contributed by atoms with Gasteiger partial charge in [-0.15, -0.1) is 0 Å². The highest BCUT2D eigenvalue weighted by Crippen LogP contribution is 2.26. The molecule has 1 heterocycles. The van der Waals surface area contributed by atoms with Crippen LogP contribution in [-0.4, -0.2) is 24.9 Å². The number of rotatable bonds is 6. The Bertz CT molecular complexity index is 755. The van der Waals surface area contributed by atoms with Gasteiger partial charge in [-0.25, -0.2) is 0 Å². The number of carbonyl (C=O) groups is 2. The molecule has 2 aromatic rings. The van der Waals surface area contributed by atoms with Gasteiger partial charge < -0.3 is 10.2 Å². The average molecular weight is 350 g/mol. The fourth-order valence-corrected chi connectivity index (χ4v) is 3.34. The van der Waals surface area contributed by atoms with Crippen LogP contribution in [0, 0.1) is 5.92 Å². The molecular weight excluding hydrogens is 324 g/mol. The molecule has 0 spiro atoms. The number of hydrogen-bond acceptors (Lipinski definition) is 2. The highest BCUT2D eigenvalue weighted by molar-refractivity contribution is 6.00. The summed E-state index contributed by atoms with van der Waals surface area (Å²) in [6.45, 7) is 5.23. The number of benzene rings is 2. The molecule has 1 saturated heterocycles. The predicted octanol–water partition coefficient (Wildman–Crippen LogP) is 3.52. The van der Waals surface area contributed by atoms with Crippen molar-refractivity contribution < 1.29 is 9.59 Å². The quantitative estimate of drug-likeness (QED) is 0.866. The summed E-state index contributed by atoms with van der Waals surface area (Å²) in [5.41, 5.74) is 3.32. The van der Waals surface area contributed by atoms with Crippen molar-refractivity contribution in [3.8, 4) is 0 Å².